The Morgan fingerprint density at radius 2 is 0.583 bits per heavy atom. The van der Waals surface area contributed by atoms with Crippen LogP contribution >= 0.6 is 0 Å². The van der Waals surface area contributed by atoms with Gasteiger partial charge in [0.15, 0.2) is 0 Å². The molecule has 4 rings (SSSR count). The summed E-state index contributed by atoms with van der Waals surface area (Å²) in [5.74, 6) is 0. The zero-order chi connectivity index (χ0) is 16.5. The number of unbranched alkanes of at least 4 members (excludes halogenated alkanes) is 6. The highest BCUT2D eigenvalue weighted by Crippen LogP contribution is 2.28. The van der Waals surface area contributed by atoms with Gasteiger partial charge in [0.2, 0.25) is 0 Å². The van der Waals surface area contributed by atoms with Gasteiger partial charge in [-0.15, -0.1) is 0 Å². The molecule has 0 amide bonds. The Hall–Kier alpha value is -1.04. The topological polar surface area (TPSA) is 0 Å². The first kappa shape index (κ1) is 17.8. The van der Waals surface area contributed by atoms with Crippen LogP contribution < -0.4 is 0 Å². The van der Waals surface area contributed by atoms with Crippen molar-refractivity contribution in [1.29, 1.82) is 0 Å². The van der Waals surface area contributed by atoms with Crippen molar-refractivity contribution >= 4 is 0 Å². The summed E-state index contributed by atoms with van der Waals surface area (Å²) in [5.41, 5.74) is 6.83. The van der Waals surface area contributed by atoms with Crippen LogP contribution in [0.1, 0.15) is 103 Å². The molecule has 0 nitrogen and oxygen atoms in total. The highest BCUT2D eigenvalue weighted by atomic mass is 14.1. The van der Waals surface area contributed by atoms with Crippen LogP contribution in [0.4, 0.5) is 0 Å². The van der Waals surface area contributed by atoms with E-state index in [2.05, 4.69) is 24.3 Å². The maximum Gasteiger partial charge on any atom is -0.0136 e. The molecule has 4 aliphatic carbocycles. The van der Waals surface area contributed by atoms with Gasteiger partial charge in [0, 0.05) is 0 Å². The molecule has 0 saturated heterocycles. The van der Waals surface area contributed by atoms with Gasteiger partial charge in [-0.25, -0.2) is 0 Å². The van der Waals surface area contributed by atoms with Crippen LogP contribution in [0.3, 0.4) is 0 Å². The Morgan fingerprint density at radius 1 is 0.375 bits per heavy atom. The summed E-state index contributed by atoms with van der Waals surface area (Å²) < 4.78 is 0. The van der Waals surface area contributed by atoms with Crippen LogP contribution in [0.5, 0.6) is 0 Å². The van der Waals surface area contributed by atoms with Crippen LogP contribution in [0.2, 0.25) is 0 Å². The molecule has 0 atom stereocenters. The second-order valence-electron chi connectivity index (χ2n) is 8.09. The molecule has 0 fully saturated rings. The lowest BCUT2D eigenvalue weighted by atomic mass is 10.1. The lowest BCUT2D eigenvalue weighted by Crippen LogP contribution is -1.78. The van der Waals surface area contributed by atoms with Crippen molar-refractivity contribution in [2.24, 2.45) is 0 Å². The average Bonchev–Trinajstić information content (AvgIpc) is 3.45. The molecule has 0 bridgehead atoms. The highest BCUT2D eigenvalue weighted by molar-refractivity contribution is 5.22. The monoisotopic (exact) mass is 324 g/mol. The average molecular weight is 325 g/mol. The molecule has 0 radical (unpaired) electrons. The Bertz CT molecular complexity index is 416. The van der Waals surface area contributed by atoms with Crippen molar-refractivity contribution in [3.05, 3.63) is 46.6 Å². The predicted octanol–water partition coefficient (Wildman–Crippen LogP) is 7.97. The maximum absolute atomic E-state index is 2.36. The minimum absolute atomic E-state index is 1.33. The van der Waals surface area contributed by atoms with E-state index in [0.29, 0.717) is 0 Å². The second kappa shape index (κ2) is 10.1. The Kier molecular flexibility index (Phi) is 7.45. The summed E-state index contributed by atoms with van der Waals surface area (Å²) >= 11 is 0. The maximum atomic E-state index is 2.36. The lowest BCUT2D eigenvalue weighted by molar-refractivity contribution is 0.643. The number of allylic oxidation sites excluding steroid dienone is 8. The summed E-state index contributed by atoms with van der Waals surface area (Å²) in [5, 5.41) is 0. The minimum Gasteiger partial charge on any atom is -0.0810 e. The van der Waals surface area contributed by atoms with Crippen molar-refractivity contribution in [3.8, 4) is 0 Å². The number of rotatable bonds is 14. The van der Waals surface area contributed by atoms with Gasteiger partial charge in [-0.3, -0.25) is 0 Å². The summed E-state index contributed by atoms with van der Waals surface area (Å²) in [7, 11) is 0. The Labute approximate surface area is 149 Å². The van der Waals surface area contributed by atoms with Crippen LogP contribution in [-0.2, 0) is 0 Å². The molecular weight excluding hydrogens is 288 g/mol. The van der Waals surface area contributed by atoms with Gasteiger partial charge >= 0.3 is 0 Å². The smallest absolute Gasteiger partial charge is 0.0136 e. The van der Waals surface area contributed by atoms with E-state index in [9.17, 15) is 0 Å². The van der Waals surface area contributed by atoms with Gasteiger partial charge in [-0.1, -0.05) is 72.3 Å². The van der Waals surface area contributed by atoms with E-state index in [1.165, 1.54) is 103 Å². The molecule has 24 heavy (non-hydrogen) atoms. The molecule has 0 saturated carbocycles. The zero-order valence-electron chi connectivity index (χ0n) is 15.6. The van der Waals surface area contributed by atoms with Crippen molar-refractivity contribution in [2.75, 3.05) is 0 Å². The molecule has 0 heteroatoms. The largest absolute Gasteiger partial charge is 0.0810 e. The molecular formula is C24H36. The van der Waals surface area contributed by atoms with Gasteiger partial charge in [-0.05, 0) is 77.0 Å². The lowest BCUT2D eigenvalue weighted by Gasteiger charge is -1.97. The van der Waals surface area contributed by atoms with Gasteiger partial charge in [-0.2, -0.15) is 0 Å². The van der Waals surface area contributed by atoms with Gasteiger partial charge in [0.05, 0.1) is 0 Å². The zero-order valence-corrected chi connectivity index (χ0v) is 15.6. The fourth-order valence-corrected chi connectivity index (χ4v) is 3.22. The van der Waals surface area contributed by atoms with Crippen molar-refractivity contribution < 1.29 is 0 Å². The fraction of sp³-hybridized carbons (Fsp3) is 0.667. The third-order valence-corrected chi connectivity index (χ3v) is 5.46. The molecule has 132 valence electrons. The van der Waals surface area contributed by atoms with Crippen LogP contribution in [0.15, 0.2) is 46.6 Å². The molecule has 0 aromatic heterocycles. The Morgan fingerprint density at radius 3 is 0.750 bits per heavy atom. The van der Waals surface area contributed by atoms with Crippen LogP contribution in [0, 0.1) is 0 Å². The first-order valence-electron chi connectivity index (χ1n) is 10.6. The van der Waals surface area contributed by atoms with Gasteiger partial charge in [0.25, 0.3) is 0 Å². The Balaban J connectivity index is 0.000000141. The number of hydrogen-bond acceptors (Lipinski definition) is 0. The van der Waals surface area contributed by atoms with Crippen LogP contribution in [0.25, 0.3) is 0 Å². The molecule has 0 aromatic carbocycles. The van der Waals surface area contributed by atoms with E-state index in [1.54, 1.807) is 22.3 Å². The van der Waals surface area contributed by atoms with Crippen molar-refractivity contribution in [1.82, 2.24) is 0 Å². The van der Waals surface area contributed by atoms with E-state index < -0.39 is 0 Å². The quantitative estimate of drug-likeness (QED) is 0.224. The standard InChI is InChI=1S/2C12H18/c2*1(3-5-11-7-8-11)2-4-6-12-9-10-12/h2*7,9H,1-6,8,10H2. The predicted molar refractivity (Wildman–Crippen MR) is 106 cm³/mol. The summed E-state index contributed by atoms with van der Waals surface area (Å²) in [4.78, 5) is 0. The molecule has 0 spiro atoms. The fourth-order valence-electron chi connectivity index (χ4n) is 3.22. The molecule has 0 aromatic rings. The van der Waals surface area contributed by atoms with Gasteiger partial charge < -0.3 is 0 Å². The van der Waals surface area contributed by atoms with E-state index >= 15 is 0 Å². The third-order valence-electron chi connectivity index (χ3n) is 5.46. The third kappa shape index (κ3) is 9.96. The SMILES string of the molecule is C1=C(CCCCCCC2=CC2)C1.C1=C(CCCCCCC2=CC2)C1. The van der Waals surface area contributed by atoms with Crippen LogP contribution in [-0.4, -0.2) is 0 Å². The summed E-state index contributed by atoms with van der Waals surface area (Å²) in [6.07, 6.45) is 31.8. The first-order chi connectivity index (χ1) is 11.9. The highest BCUT2D eigenvalue weighted by Gasteiger charge is 2.08. The molecule has 0 heterocycles. The first-order valence-corrected chi connectivity index (χ1v) is 10.6. The minimum atomic E-state index is 1.33. The van der Waals surface area contributed by atoms with E-state index in [1.807, 2.05) is 0 Å². The molecule has 4 aliphatic rings. The summed E-state index contributed by atoms with van der Waals surface area (Å²) in [6.45, 7) is 0. The molecule has 0 N–H and O–H groups in total. The van der Waals surface area contributed by atoms with Crippen molar-refractivity contribution in [2.45, 2.75) is 103 Å². The molecule has 0 unspecified atom stereocenters. The summed E-state index contributed by atoms with van der Waals surface area (Å²) in [6, 6.07) is 0. The molecule has 0 aliphatic heterocycles. The van der Waals surface area contributed by atoms with Gasteiger partial charge in [0.1, 0.15) is 0 Å². The van der Waals surface area contributed by atoms with E-state index in [-0.39, 0.29) is 0 Å². The number of hydrogen-bond donors (Lipinski definition) is 0. The normalized spacial score (nSPS) is 18.7. The second-order valence-corrected chi connectivity index (χ2v) is 8.09. The van der Waals surface area contributed by atoms with E-state index in [0.717, 1.165) is 0 Å². The van der Waals surface area contributed by atoms with E-state index in [4.69, 9.17) is 0 Å². The van der Waals surface area contributed by atoms with Crippen molar-refractivity contribution in [3.63, 3.8) is 0 Å².